The van der Waals surface area contributed by atoms with Crippen LogP contribution in [0.4, 0.5) is 0 Å². The van der Waals surface area contributed by atoms with Gasteiger partial charge in [0.25, 0.3) is 7.82 Å². The maximum absolute atomic E-state index is 13.0. The predicted octanol–water partition coefficient (Wildman–Crippen LogP) is 17.1. The van der Waals surface area contributed by atoms with Gasteiger partial charge in [0.05, 0.1) is 39.9 Å². The second-order valence-electron chi connectivity index (χ2n) is 21.4. The minimum Gasteiger partial charge on any atom is -0.756 e. The van der Waals surface area contributed by atoms with Crippen LogP contribution in [0.1, 0.15) is 284 Å². The van der Waals surface area contributed by atoms with Crippen molar-refractivity contribution in [3.05, 3.63) is 36.5 Å². The van der Waals surface area contributed by atoms with Crippen LogP contribution in [-0.2, 0) is 18.4 Å². The summed E-state index contributed by atoms with van der Waals surface area (Å²) in [5.74, 6) is -0.174. The van der Waals surface area contributed by atoms with Crippen LogP contribution in [0.3, 0.4) is 0 Å². The van der Waals surface area contributed by atoms with Gasteiger partial charge in [0.1, 0.15) is 13.2 Å². The van der Waals surface area contributed by atoms with Crippen molar-refractivity contribution in [3.63, 3.8) is 0 Å². The summed E-state index contributed by atoms with van der Waals surface area (Å²) in [6.07, 6.45) is 64.6. The molecule has 402 valence electrons. The Morgan fingerprint density at radius 1 is 0.515 bits per heavy atom. The Kier molecular flexibility index (Phi) is 49.7. The number of carbonyl (C=O) groups excluding carboxylic acids is 1. The third kappa shape index (κ3) is 52.5. The van der Waals surface area contributed by atoms with E-state index < -0.39 is 20.0 Å². The first-order valence-electron chi connectivity index (χ1n) is 29.3. The van der Waals surface area contributed by atoms with E-state index in [0.29, 0.717) is 23.9 Å². The van der Waals surface area contributed by atoms with E-state index in [4.69, 9.17) is 9.05 Å². The second kappa shape index (κ2) is 50.7. The number of unbranched alkanes of at least 4 members (excludes halogenated alkanes) is 35. The Hall–Kier alpha value is -1.28. The lowest BCUT2D eigenvalue weighted by Crippen LogP contribution is -2.46. The molecule has 1 amide bonds. The molecule has 8 nitrogen and oxygen atoms in total. The molecule has 0 saturated heterocycles. The number of aliphatic hydroxyl groups is 1. The summed E-state index contributed by atoms with van der Waals surface area (Å²) in [5, 5.41) is 14.0. The summed E-state index contributed by atoms with van der Waals surface area (Å²) in [7, 11) is 1.30. The highest BCUT2D eigenvalue weighted by molar-refractivity contribution is 7.45. The molecule has 0 aromatic carbocycles. The molecule has 68 heavy (non-hydrogen) atoms. The van der Waals surface area contributed by atoms with Gasteiger partial charge in [-0.15, -0.1) is 0 Å². The Morgan fingerprint density at radius 2 is 0.853 bits per heavy atom. The van der Waals surface area contributed by atoms with Crippen LogP contribution in [0.15, 0.2) is 36.5 Å². The van der Waals surface area contributed by atoms with E-state index in [0.717, 1.165) is 64.2 Å². The fraction of sp³-hybridized carbons (Fsp3) is 0.881. The topological polar surface area (TPSA) is 108 Å². The van der Waals surface area contributed by atoms with Crippen molar-refractivity contribution < 1.29 is 32.9 Å². The fourth-order valence-corrected chi connectivity index (χ4v) is 9.48. The van der Waals surface area contributed by atoms with Gasteiger partial charge in [-0.3, -0.25) is 9.36 Å². The molecule has 0 spiro atoms. The van der Waals surface area contributed by atoms with Crippen LogP contribution in [0.2, 0.25) is 0 Å². The first-order valence-corrected chi connectivity index (χ1v) is 30.8. The van der Waals surface area contributed by atoms with Gasteiger partial charge in [-0.25, -0.2) is 0 Å². The number of rotatable bonds is 54. The zero-order valence-corrected chi connectivity index (χ0v) is 46.7. The quantitative estimate of drug-likeness (QED) is 0.0272. The Bertz CT molecular complexity index is 1200. The molecule has 3 atom stereocenters. The van der Waals surface area contributed by atoms with Gasteiger partial charge in [-0.1, -0.05) is 262 Å². The van der Waals surface area contributed by atoms with E-state index in [-0.39, 0.29) is 19.1 Å². The molecule has 0 heterocycles. The average molecular weight is 980 g/mol. The second-order valence-corrected chi connectivity index (χ2v) is 22.8. The van der Waals surface area contributed by atoms with E-state index in [2.05, 4.69) is 55.6 Å². The molecule has 0 rings (SSSR count). The van der Waals surface area contributed by atoms with Crippen molar-refractivity contribution in [2.24, 2.45) is 0 Å². The minimum absolute atomic E-state index is 0.00929. The van der Waals surface area contributed by atoms with E-state index >= 15 is 0 Å². The van der Waals surface area contributed by atoms with Gasteiger partial charge in [-0.2, -0.15) is 0 Å². The molecule has 0 bridgehead atoms. The largest absolute Gasteiger partial charge is 0.756 e. The minimum atomic E-state index is -4.58. The van der Waals surface area contributed by atoms with Crippen molar-refractivity contribution in [1.29, 1.82) is 0 Å². The summed E-state index contributed by atoms with van der Waals surface area (Å²) in [5.41, 5.74) is 0. The van der Waals surface area contributed by atoms with Gasteiger partial charge in [0, 0.05) is 6.42 Å². The van der Waals surface area contributed by atoms with Gasteiger partial charge in [0.15, 0.2) is 0 Å². The first kappa shape index (κ1) is 66.7. The van der Waals surface area contributed by atoms with Crippen LogP contribution < -0.4 is 10.2 Å². The molecular weight excluding hydrogens is 864 g/mol. The number of nitrogens with zero attached hydrogens (tertiary/aromatic N) is 1. The third-order valence-electron chi connectivity index (χ3n) is 13.4. The normalized spacial score (nSPS) is 14.2. The molecule has 0 radical (unpaired) electrons. The highest BCUT2D eigenvalue weighted by Gasteiger charge is 2.24. The number of quaternary nitrogens is 1. The smallest absolute Gasteiger partial charge is 0.268 e. The van der Waals surface area contributed by atoms with Gasteiger partial charge in [-0.05, 0) is 51.4 Å². The van der Waals surface area contributed by atoms with Crippen molar-refractivity contribution in [2.45, 2.75) is 296 Å². The van der Waals surface area contributed by atoms with Crippen LogP contribution in [0.5, 0.6) is 0 Å². The molecule has 0 aliphatic heterocycles. The molecule has 0 aromatic rings. The van der Waals surface area contributed by atoms with Gasteiger partial charge >= 0.3 is 0 Å². The maximum Gasteiger partial charge on any atom is 0.268 e. The predicted molar refractivity (Wildman–Crippen MR) is 293 cm³/mol. The SMILES string of the molecule is CCCCCCC/C=C\C/C=C\C/C=C\CCCCCCCCC(=O)NC(COP(=O)([O-])OCC[N+](C)(C)C)C(O)CCCCCCCCCCCCCCCCCCCCCCCCCCC. The average Bonchev–Trinajstić information content (AvgIpc) is 3.30. The number of likely N-dealkylation sites (N-methyl/N-ethyl adjacent to an activating group) is 1. The number of hydrogen-bond donors (Lipinski definition) is 2. The molecule has 0 aromatic heterocycles. The molecule has 0 aliphatic rings. The molecule has 0 saturated carbocycles. The van der Waals surface area contributed by atoms with Crippen LogP contribution >= 0.6 is 7.82 Å². The summed E-state index contributed by atoms with van der Waals surface area (Å²) in [4.78, 5) is 25.5. The number of phosphoric acid groups is 1. The lowest BCUT2D eigenvalue weighted by atomic mass is 10.0. The third-order valence-corrected chi connectivity index (χ3v) is 14.3. The Morgan fingerprint density at radius 3 is 1.24 bits per heavy atom. The molecule has 3 unspecified atom stereocenters. The van der Waals surface area contributed by atoms with Crippen LogP contribution in [0.25, 0.3) is 0 Å². The number of phosphoric ester groups is 1. The summed E-state index contributed by atoms with van der Waals surface area (Å²) < 4.78 is 23.4. The number of allylic oxidation sites excluding steroid dienone is 6. The number of amides is 1. The maximum atomic E-state index is 13.0. The lowest BCUT2D eigenvalue weighted by Gasteiger charge is -2.30. The van der Waals surface area contributed by atoms with Crippen molar-refractivity contribution in [2.75, 3.05) is 40.9 Å². The number of carbonyl (C=O) groups is 1. The van der Waals surface area contributed by atoms with E-state index in [9.17, 15) is 19.4 Å². The summed E-state index contributed by atoms with van der Waals surface area (Å²) >= 11 is 0. The Labute approximate surface area is 423 Å². The highest BCUT2D eigenvalue weighted by atomic mass is 31.2. The summed E-state index contributed by atoms with van der Waals surface area (Å²) in [6.45, 7) is 4.73. The Balaban J connectivity index is 4.18. The zero-order valence-electron chi connectivity index (χ0n) is 45.8. The van der Waals surface area contributed by atoms with Crippen molar-refractivity contribution >= 4 is 13.7 Å². The number of aliphatic hydroxyl groups excluding tert-OH is 1. The molecule has 0 fully saturated rings. The van der Waals surface area contributed by atoms with Crippen LogP contribution in [0, 0.1) is 0 Å². The summed E-state index contributed by atoms with van der Waals surface area (Å²) in [6, 6.07) is -0.809. The zero-order chi connectivity index (χ0) is 49.9. The van der Waals surface area contributed by atoms with E-state index in [1.807, 2.05) is 21.1 Å². The number of nitrogens with one attached hydrogen (secondary N) is 1. The standard InChI is InChI=1S/C59H115N2O6P/c1-6-8-10-12-14-16-18-20-22-24-26-28-29-30-31-33-34-36-38-40-42-44-46-48-50-52-58(62)57(56-67-68(64,65)66-55-54-61(3,4)5)60-59(63)53-51-49-47-45-43-41-39-37-35-32-27-25-23-21-19-17-15-13-11-9-7-2/h19,21,25,27,35,37,57-58,62H,6-18,20,22-24,26,28-34,36,38-56H2,1-5H3,(H-,60,63,64,65)/b21-19-,27-25-,37-35-. The van der Waals surface area contributed by atoms with E-state index in [1.165, 1.54) is 193 Å². The highest BCUT2D eigenvalue weighted by Crippen LogP contribution is 2.38. The molecular formula is C59H115N2O6P. The van der Waals surface area contributed by atoms with Crippen molar-refractivity contribution in [1.82, 2.24) is 5.32 Å². The number of hydrogen-bond acceptors (Lipinski definition) is 6. The monoisotopic (exact) mass is 979 g/mol. The van der Waals surface area contributed by atoms with E-state index in [1.54, 1.807) is 0 Å². The molecule has 9 heteroatoms. The van der Waals surface area contributed by atoms with Crippen molar-refractivity contribution in [3.8, 4) is 0 Å². The van der Waals surface area contributed by atoms with Crippen LogP contribution in [-0.4, -0.2) is 68.5 Å². The lowest BCUT2D eigenvalue weighted by molar-refractivity contribution is -0.870. The van der Waals surface area contributed by atoms with Gasteiger partial charge in [0.2, 0.25) is 5.91 Å². The first-order chi connectivity index (χ1) is 33.0. The fourth-order valence-electron chi connectivity index (χ4n) is 8.76. The molecule has 2 N–H and O–H groups in total. The molecule has 0 aliphatic carbocycles. The van der Waals surface area contributed by atoms with Gasteiger partial charge < -0.3 is 28.8 Å².